The summed E-state index contributed by atoms with van der Waals surface area (Å²) in [7, 11) is 0. The number of hydrogen-bond acceptors (Lipinski definition) is 1. The average molecular weight is 599 g/mol. The molecule has 8 aromatic carbocycles. The first-order valence-electron chi connectivity index (χ1n) is 16.0. The summed E-state index contributed by atoms with van der Waals surface area (Å²) >= 11 is 1.90. The normalized spacial score (nSPS) is 16.3. The Morgan fingerprint density at radius 2 is 1.04 bits per heavy atom. The van der Waals surface area contributed by atoms with E-state index in [1.54, 1.807) is 0 Å². The second kappa shape index (κ2) is 8.88. The van der Waals surface area contributed by atoms with E-state index in [-0.39, 0.29) is 5.41 Å². The highest BCUT2D eigenvalue weighted by atomic mass is 32.2. The van der Waals surface area contributed by atoms with Crippen LogP contribution in [0.5, 0.6) is 0 Å². The maximum Gasteiger partial charge on any atom is 0.0731 e. The van der Waals surface area contributed by atoms with Gasteiger partial charge < -0.3 is 0 Å². The summed E-state index contributed by atoms with van der Waals surface area (Å²) in [6, 6.07) is 59.4. The SMILES string of the molecule is c1ccc2c(c1)Sc1cc(-c3cccc4c3-c3ccccc3C43c4ccccc4-c4ccc5ccccc5c43)cc3cccc-2c13. The Hall–Kier alpha value is -5.37. The van der Waals surface area contributed by atoms with E-state index in [9.17, 15) is 0 Å². The van der Waals surface area contributed by atoms with Crippen molar-refractivity contribution >= 4 is 33.3 Å². The lowest BCUT2D eigenvalue weighted by Gasteiger charge is -2.31. The van der Waals surface area contributed by atoms with E-state index in [1.165, 1.54) is 98.1 Å². The summed E-state index contributed by atoms with van der Waals surface area (Å²) < 4.78 is 0. The molecule has 11 rings (SSSR count). The van der Waals surface area contributed by atoms with Crippen LogP contribution in [0.4, 0.5) is 0 Å². The van der Waals surface area contributed by atoms with Crippen molar-refractivity contribution < 1.29 is 0 Å². The molecule has 0 nitrogen and oxygen atoms in total. The highest BCUT2D eigenvalue weighted by Crippen LogP contribution is 2.65. The van der Waals surface area contributed by atoms with Gasteiger partial charge >= 0.3 is 0 Å². The smallest absolute Gasteiger partial charge is 0.0731 e. The van der Waals surface area contributed by atoms with Gasteiger partial charge in [-0.1, -0.05) is 151 Å². The number of hydrogen-bond donors (Lipinski definition) is 0. The van der Waals surface area contributed by atoms with E-state index in [0.717, 1.165) is 0 Å². The molecule has 0 fully saturated rings. The Balaban J connectivity index is 1.25. The number of rotatable bonds is 1. The molecule has 1 heteroatoms. The van der Waals surface area contributed by atoms with Gasteiger partial charge in [-0.2, -0.15) is 0 Å². The first-order valence-corrected chi connectivity index (χ1v) is 16.8. The van der Waals surface area contributed by atoms with Gasteiger partial charge in [-0.25, -0.2) is 0 Å². The molecule has 1 spiro atoms. The Morgan fingerprint density at radius 3 is 1.96 bits per heavy atom. The maximum atomic E-state index is 2.45. The van der Waals surface area contributed by atoms with Crippen LogP contribution in [-0.2, 0) is 5.41 Å². The van der Waals surface area contributed by atoms with E-state index >= 15 is 0 Å². The molecule has 8 aromatic rings. The zero-order valence-corrected chi connectivity index (χ0v) is 25.7. The molecule has 0 saturated carbocycles. The van der Waals surface area contributed by atoms with Gasteiger partial charge in [0.15, 0.2) is 0 Å². The summed E-state index contributed by atoms with van der Waals surface area (Å²) in [5, 5.41) is 5.29. The van der Waals surface area contributed by atoms with E-state index < -0.39 is 0 Å². The van der Waals surface area contributed by atoms with E-state index in [4.69, 9.17) is 0 Å². The van der Waals surface area contributed by atoms with Crippen LogP contribution in [0.15, 0.2) is 168 Å². The Morgan fingerprint density at radius 1 is 0.391 bits per heavy atom. The molecule has 2 aliphatic carbocycles. The molecule has 1 heterocycles. The lowest BCUT2D eigenvalue weighted by atomic mass is 9.69. The van der Waals surface area contributed by atoms with Crippen LogP contribution in [-0.4, -0.2) is 0 Å². The van der Waals surface area contributed by atoms with Crippen molar-refractivity contribution in [3.8, 4) is 44.5 Å². The minimum Gasteiger partial charge on any atom is -0.0888 e. The maximum absolute atomic E-state index is 2.45. The van der Waals surface area contributed by atoms with E-state index in [2.05, 4.69) is 158 Å². The fourth-order valence-corrected chi connectivity index (χ4v) is 10.1. The molecule has 0 amide bonds. The minimum atomic E-state index is -0.388. The summed E-state index contributed by atoms with van der Waals surface area (Å²) in [5.41, 5.74) is 15.8. The zero-order valence-electron chi connectivity index (χ0n) is 24.9. The molecule has 212 valence electrons. The summed E-state index contributed by atoms with van der Waals surface area (Å²) in [6.45, 7) is 0. The molecule has 46 heavy (non-hydrogen) atoms. The second-order valence-corrected chi connectivity index (χ2v) is 13.8. The van der Waals surface area contributed by atoms with E-state index in [1.807, 2.05) is 11.8 Å². The predicted octanol–water partition coefficient (Wildman–Crippen LogP) is 12.1. The Bertz CT molecular complexity index is 2630. The summed E-state index contributed by atoms with van der Waals surface area (Å²) in [5.74, 6) is 0. The van der Waals surface area contributed by atoms with Crippen LogP contribution in [0.3, 0.4) is 0 Å². The molecule has 0 bridgehead atoms. The monoisotopic (exact) mass is 598 g/mol. The van der Waals surface area contributed by atoms with Gasteiger partial charge in [0.1, 0.15) is 0 Å². The molecule has 1 atom stereocenters. The Kier molecular flexibility index (Phi) is 4.80. The van der Waals surface area contributed by atoms with Crippen LogP contribution in [0.25, 0.3) is 66.1 Å². The molecular formula is C45H26S. The van der Waals surface area contributed by atoms with E-state index in [0.29, 0.717) is 0 Å². The van der Waals surface area contributed by atoms with Crippen molar-refractivity contribution in [3.05, 3.63) is 180 Å². The zero-order chi connectivity index (χ0) is 30.0. The third kappa shape index (κ3) is 2.97. The third-order valence-corrected chi connectivity index (χ3v) is 11.8. The predicted molar refractivity (Wildman–Crippen MR) is 193 cm³/mol. The van der Waals surface area contributed by atoms with Crippen molar-refractivity contribution in [3.63, 3.8) is 0 Å². The Labute approximate surface area is 272 Å². The lowest BCUT2D eigenvalue weighted by molar-refractivity contribution is 0.801. The second-order valence-electron chi connectivity index (χ2n) is 12.8. The fraction of sp³-hybridized carbons (Fsp3) is 0.0222. The molecule has 0 saturated heterocycles. The van der Waals surface area contributed by atoms with Gasteiger partial charge in [-0.3, -0.25) is 0 Å². The third-order valence-electron chi connectivity index (χ3n) is 10.6. The quantitative estimate of drug-likeness (QED) is 0.181. The molecule has 0 N–H and O–H groups in total. The highest BCUT2D eigenvalue weighted by molar-refractivity contribution is 7.99. The van der Waals surface area contributed by atoms with Gasteiger partial charge in [-0.15, -0.1) is 0 Å². The fourth-order valence-electron chi connectivity index (χ4n) is 8.95. The molecule has 0 radical (unpaired) electrons. The van der Waals surface area contributed by atoms with Crippen molar-refractivity contribution in [2.45, 2.75) is 15.2 Å². The van der Waals surface area contributed by atoms with Crippen molar-refractivity contribution in [1.29, 1.82) is 0 Å². The lowest BCUT2D eigenvalue weighted by Crippen LogP contribution is -2.26. The first-order chi connectivity index (χ1) is 22.8. The molecule has 1 unspecified atom stereocenters. The molecule has 0 aromatic heterocycles. The van der Waals surface area contributed by atoms with Crippen LogP contribution in [0.1, 0.15) is 22.3 Å². The van der Waals surface area contributed by atoms with Gasteiger partial charge in [0, 0.05) is 15.2 Å². The molecular weight excluding hydrogens is 573 g/mol. The first kappa shape index (κ1) is 24.9. The minimum absolute atomic E-state index is 0.388. The van der Waals surface area contributed by atoms with Gasteiger partial charge in [0.25, 0.3) is 0 Å². The highest BCUT2D eigenvalue weighted by Gasteiger charge is 2.52. The molecule has 1 aliphatic heterocycles. The largest absolute Gasteiger partial charge is 0.0888 e. The average Bonchev–Trinajstić information content (AvgIpc) is 3.59. The summed E-state index contributed by atoms with van der Waals surface area (Å²) in [4.78, 5) is 2.66. The molecule has 3 aliphatic rings. The van der Waals surface area contributed by atoms with Crippen LogP contribution >= 0.6 is 11.8 Å². The van der Waals surface area contributed by atoms with Crippen LogP contribution in [0, 0.1) is 0 Å². The van der Waals surface area contributed by atoms with Gasteiger partial charge in [0.05, 0.1) is 5.41 Å². The van der Waals surface area contributed by atoms with Gasteiger partial charge in [0.2, 0.25) is 0 Å². The van der Waals surface area contributed by atoms with Crippen LogP contribution in [0.2, 0.25) is 0 Å². The summed E-state index contributed by atoms with van der Waals surface area (Å²) in [6.07, 6.45) is 0. The number of benzene rings is 8. The van der Waals surface area contributed by atoms with Crippen molar-refractivity contribution in [2.75, 3.05) is 0 Å². The van der Waals surface area contributed by atoms with Crippen LogP contribution < -0.4 is 0 Å². The standard InChI is InChI=1S/C45H26S/c1-2-13-31-27(11-1)23-24-35-32-14-3-6-19-37(32)45(44(31)35)38-20-7-4-16-36(38)43-30(17-10-21-39(43)45)29-25-28-12-9-18-34-33-15-5-8-22-40(33)46-41(26-29)42(28)34/h1-26H. The van der Waals surface area contributed by atoms with Crippen molar-refractivity contribution in [2.24, 2.45) is 0 Å². The topological polar surface area (TPSA) is 0 Å². The number of fused-ring (bicyclic) bond motifs is 14. The van der Waals surface area contributed by atoms with Gasteiger partial charge in [-0.05, 0) is 101 Å². The van der Waals surface area contributed by atoms with Crippen molar-refractivity contribution in [1.82, 2.24) is 0 Å².